The van der Waals surface area contributed by atoms with Crippen molar-refractivity contribution in [2.24, 2.45) is 5.16 Å². The van der Waals surface area contributed by atoms with E-state index in [9.17, 15) is 4.79 Å². The Morgan fingerprint density at radius 1 is 1.21 bits per heavy atom. The highest BCUT2D eigenvalue weighted by molar-refractivity contribution is 6.06. The molecule has 33 heavy (non-hydrogen) atoms. The van der Waals surface area contributed by atoms with Gasteiger partial charge in [-0.05, 0) is 32.9 Å². The number of amides is 1. The quantitative estimate of drug-likeness (QED) is 0.447. The Kier molecular flexibility index (Phi) is 5.52. The number of anilines is 1. The molecule has 2 aliphatic rings. The number of aromatic nitrogens is 4. The maximum atomic E-state index is 12.6. The highest BCUT2D eigenvalue weighted by Gasteiger charge is 2.56. The average molecular weight is 452 g/mol. The van der Waals surface area contributed by atoms with Gasteiger partial charge in [0, 0.05) is 5.56 Å². The number of hydrogen-bond acceptors (Lipinski definition) is 9. The molecule has 4 heterocycles. The number of ether oxygens (including phenoxy) is 3. The zero-order valence-corrected chi connectivity index (χ0v) is 18.4. The van der Waals surface area contributed by atoms with Gasteiger partial charge < -0.3 is 24.4 Å². The molecule has 3 aromatic rings. The number of carbonyl (C=O) groups is 1. The van der Waals surface area contributed by atoms with Gasteiger partial charge in [-0.15, -0.1) is 0 Å². The minimum Gasteiger partial charge on any atom is -0.396 e. The summed E-state index contributed by atoms with van der Waals surface area (Å²) in [5.74, 6) is -0.765. The molecule has 4 atom stereocenters. The number of nitrogens with one attached hydrogen (secondary N) is 1. The second-order valence-corrected chi connectivity index (χ2v) is 8.09. The van der Waals surface area contributed by atoms with E-state index in [1.807, 2.05) is 26.8 Å². The Balaban J connectivity index is 1.45. The van der Waals surface area contributed by atoms with Crippen LogP contribution in [0.1, 0.15) is 37.4 Å². The molecule has 0 bridgehead atoms. The van der Waals surface area contributed by atoms with E-state index in [0.717, 1.165) is 0 Å². The van der Waals surface area contributed by atoms with Crippen molar-refractivity contribution >= 4 is 29.1 Å². The summed E-state index contributed by atoms with van der Waals surface area (Å²) in [5.41, 5.74) is 1.44. The molecular weight excluding hydrogens is 428 g/mol. The summed E-state index contributed by atoms with van der Waals surface area (Å²) in [4.78, 5) is 30.8. The molecule has 0 saturated carbocycles. The molecule has 11 heteroatoms. The van der Waals surface area contributed by atoms with Gasteiger partial charge in [0.15, 0.2) is 29.0 Å². The third-order valence-corrected chi connectivity index (χ3v) is 5.38. The predicted molar refractivity (Wildman–Crippen MR) is 118 cm³/mol. The Morgan fingerprint density at radius 3 is 2.79 bits per heavy atom. The smallest absolute Gasteiger partial charge is 0.256 e. The number of oxime groups is 1. The highest BCUT2D eigenvalue weighted by Crippen LogP contribution is 2.43. The standard InChI is InChI=1S/C22H24N6O5/c1-4-30-26-10-14-16-17(33-22(2,3)32-16)21(31-14)28-12-25-15-18(23-11-24-19(15)28)27-20(29)13-8-6-5-7-9-13/h5-12,14,16-17,21H,4H2,1-3H3,(H,23,24,27,29)/b26-10+/t14-,16-,17-,21-/m1/s1. The zero-order valence-electron chi connectivity index (χ0n) is 18.4. The van der Waals surface area contributed by atoms with Crippen LogP contribution in [0.5, 0.6) is 0 Å². The zero-order chi connectivity index (χ0) is 23.0. The normalized spacial score (nSPS) is 26.0. The molecule has 1 aromatic carbocycles. The molecule has 11 nitrogen and oxygen atoms in total. The summed E-state index contributed by atoms with van der Waals surface area (Å²) < 4.78 is 20.2. The maximum absolute atomic E-state index is 12.6. The summed E-state index contributed by atoms with van der Waals surface area (Å²) >= 11 is 0. The van der Waals surface area contributed by atoms with Crippen molar-refractivity contribution in [3.05, 3.63) is 48.5 Å². The molecule has 1 N–H and O–H groups in total. The van der Waals surface area contributed by atoms with E-state index >= 15 is 0 Å². The van der Waals surface area contributed by atoms with Crippen LogP contribution in [0, 0.1) is 0 Å². The van der Waals surface area contributed by atoms with Gasteiger partial charge in [0.05, 0.1) is 12.5 Å². The van der Waals surface area contributed by atoms with Crippen molar-refractivity contribution in [2.45, 2.75) is 51.1 Å². The number of benzene rings is 1. The Hall–Kier alpha value is -3.41. The summed E-state index contributed by atoms with van der Waals surface area (Å²) in [5, 5.41) is 6.76. The van der Waals surface area contributed by atoms with Crippen molar-refractivity contribution in [3.63, 3.8) is 0 Å². The van der Waals surface area contributed by atoms with Crippen molar-refractivity contribution in [2.75, 3.05) is 11.9 Å². The van der Waals surface area contributed by atoms with Gasteiger partial charge in [0.1, 0.15) is 31.2 Å². The first-order chi connectivity index (χ1) is 16.0. The molecule has 2 aromatic heterocycles. The van der Waals surface area contributed by atoms with E-state index in [1.165, 1.54) is 6.33 Å². The lowest BCUT2D eigenvalue weighted by atomic mass is 10.1. The number of hydrogen-bond donors (Lipinski definition) is 1. The molecule has 2 aliphatic heterocycles. The Morgan fingerprint density at radius 2 is 2.00 bits per heavy atom. The van der Waals surface area contributed by atoms with Crippen molar-refractivity contribution in [1.29, 1.82) is 0 Å². The first-order valence-corrected chi connectivity index (χ1v) is 10.7. The van der Waals surface area contributed by atoms with Crippen LogP contribution >= 0.6 is 0 Å². The monoisotopic (exact) mass is 452 g/mol. The largest absolute Gasteiger partial charge is 0.396 e. The number of rotatable bonds is 6. The lowest BCUT2D eigenvalue weighted by molar-refractivity contribution is -0.188. The van der Waals surface area contributed by atoms with Crippen LogP contribution in [-0.2, 0) is 19.0 Å². The van der Waals surface area contributed by atoms with Gasteiger partial charge in [-0.1, -0.05) is 23.4 Å². The number of carbonyl (C=O) groups excluding carboxylic acids is 1. The summed E-state index contributed by atoms with van der Waals surface area (Å²) in [6.45, 7) is 6.00. The SMILES string of the molecule is CCO/N=C/[C@H]1O[C@@H](n2cnc3c(NC(=O)c4ccccc4)ncnc32)[C@@H]2OC(C)(C)O[C@@H]21. The number of imidazole rings is 1. The Labute approximate surface area is 189 Å². The lowest BCUT2D eigenvalue weighted by Crippen LogP contribution is -2.30. The molecule has 0 spiro atoms. The van der Waals surface area contributed by atoms with E-state index in [2.05, 4.69) is 25.4 Å². The Bertz CT molecular complexity index is 1180. The van der Waals surface area contributed by atoms with Crippen LogP contribution in [-0.4, -0.2) is 62.3 Å². The van der Waals surface area contributed by atoms with Crippen LogP contribution in [0.4, 0.5) is 5.82 Å². The van der Waals surface area contributed by atoms with Gasteiger partial charge in [-0.3, -0.25) is 9.36 Å². The second kappa shape index (κ2) is 8.50. The first kappa shape index (κ1) is 21.4. The van der Waals surface area contributed by atoms with E-state index in [-0.39, 0.29) is 12.0 Å². The van der Waals surface area contributed by atoms with E-state index < -0.39 is 24.2 Å². The fourth-order valence-electron chi connectivity index (χ4n) is 4.03. The molecular formula is C22H24N6O5. The van der Waals surface area contributed by atoms with Crippen molar-refractivity contribution < 1.29 is 23.8 Å². The van der Waals surface area contributed by atoms with E-state index in [0.29, 0.717) is 29.2 Å². The van der Waals surface area contributed by atoms with Crippen LogP contribution in [0.2, 0.25) is 0 Å². The van der Waals surface area contributed by atoms with E-state index in [1.54, 1.807) is 41.4 Å². The van der Waals surface area contributed by atoms with Gasteiger partial charge in [0.2, 0.25) is 0 Å². The maximum Gasteiger partial charge on any atom is 0.256 e. The van der Waals surface area contributed by atoms with Crippen LogP contribution in [0.25, 0.3) is 11.2 Å². The summed E-state index contributed by atoms with van der Waals surface area (Å²) in [6, 6.07) is 8.88. The summed E-state index contributed by atoms with van der Waals surface area (Å²) in [7, 11) is 0. The minimum absolute atomic E-state index is 0.288. The van der Waals surface area contributed by atoms with Crippen molar-refractivity contribution in [3.8, 4) is 0 Å². The van der Waals surface area contributed by atoms with Gasteiger partial charge >= 0.3 is 0 Å². The summed E-state index contributed by atoms with van der Waals surface area (Å²) in [6.07, 6.45) is 2.68. The number of nitrogens with zero attached hydrogens (tertiary/aromatic N) is 5. The minimum atomic E-state index is -0.782. The second-order valence-electron chi connectivity index (χ2n) is 8.09. The lowest BCUT2D eigenvalue weighted by Gasteiger charge is -2.23. The topological polar surface area (TPSA) is 122 Å². The average Bonchev–Trinajstić information content (AvgIpc) is 3.46. The number of fused-ring (bicyclic) bond motifs is 2. The molecule has 0 radical (unpaired) electrons. The van der Waals surface area contributed by atoms with Crippen LogP contribution in [0.3, 0.4) is 0 Å². The fourth-order valence-corrected chi connectivity index (χ4v) is 4.03. The van der Waals surface area contributed by atoms with Gasteiger partial charge in [0.25, 0.3) is 5.91 Å². The fraction of sp³-hybridized carbons (Fsp3) is 0.409. The third kappa shape index (κ3) is 4.06. The molecule has 0 aliphatic carbocycles. The van der Waals surface area contributed by atoms with Gasteiger partial charge in [-0.25, -0.2) is 15.0 Å². The third-order valence-electron chi connectivity index (χ3n) is 5.38. The van der Waals surface area contributed by atoms with Crippen LogP contribution < -0.4 is 5.32 Å². The molecule has 2 saturated heterocycles. The van der Waals surface area contributed by atoms with E-state index in [4.69, 9.17) is 19.0 Å². The first-order valence-electron chi connectivity index (χ1n) is 10.7. The van der Waals surface area contributed by atoms with Crippen molar-refractivity contribution in [1.82, 2.24) is 19.5 Å². The predicted octanol–water partition coefficient (Wildman–Crippen LogP) is 2.52. The molecule has 2 fully saturated rings. The van der Waals surface area contributed by atoms with Crippen LogP contribution in [0.15, 0.2) is 48.1 Å². The highest BCUT2D eigenvalue weighted by atomic mass is 16.8. The van der Waals surface area contributed by atoms with Gasteiger partial charge in [-0.2, -0.15) is 0 Å². The molecule has 5 rings (SSSR count). The molecule has 1 amide bonds. The molecule has 172 valence electrons. The molecule has 0 unspecified atom stereocenters.